The van der Waals surface area contributed by atoms with Gasteiger partial charge in [0.1, 0.15) is 11.8 Å². The Labute approximate surface area is 316 Å². The monoisotopic (exact) mass is 751 g/mol. The quantitative estimate of drug-likeness (QED) is 0.121. The molecule has 53 heavy (non-hydrogen) atoms. The van der Waals surface area contributed by atoms with Gasteiger partial charge in [0.2, 0.25) is 17.7 Å². The van der Waals surface area contributed by atoms with Gasteiger partial charge in [0, 0.05) is 96.9 Å². The molecule has 0 unspecified atom stereocenters. The molecular formula is C40H39Cl2N7O4. The highest BCUT2D eigenvalue weighted by atomic mass is 35.5. The van der Waals surface area contributed by atoms with Crippen molar-refractivity contribution in [2.75, 3.05) is 13.1 Å². The number of fused-ring (bicyclic) bond motifs is 1. The number of amides is 2. The van der Waals surface area contributed by atoms with E-state index in [9.17, 15) is 14.4 Å². The summed E-state index contributed by atoms with van der Waals surface area (Å²) in [6.45, 7) is 2.19. The van der Waals surface area contributed by atoms with E-state index in [1.165, 1.54) is 4.40 Å². The molecule has 272 valence electrons. The van der Waals surface area contributed by atoms with Gasteiger partial charge < -0.3 is 26.0 Å². The van der Waals surface area contributed by atoms with E-state index < -0.39 is 0 Å². The van der Waals surface area contributed by atoms with Gasteiger partial charge in [-0.2, -0.15) is 0 Å². The molecule has 3 fully saturated rings. The first-order valence-electron chi connectivity index (χ1n) is 18.1. The summed E-state index contributed by atoms with van der Waals surface area (Å²) in [7, 11) is 0. The van der Waals surface area contributed by atoms with Crippen LogP contribution in [0.5, 0.6) is 5.88 Å². The van der Waals surface area contributed by atoms with Gasteiger partial charge in [-0.15, -0.1) is 0 Å². The van der Waals surface area contributed by atoms with Crippen LogP contribution in [0.4, 0.5) is 0 Å². The number of aromatic nitrogens is 3. The van der Waals surface area contributed by atoms with Crippen LogP contribution in [-0.2, 0) is 22.7 Å². The van der Waals surface area contributed by atoms with Crippen LogP contribution in [0.3, 0.4) is 0 Å². The topological polar surface area (TPSA) is 139 Å². The molecule has 0 radical (unpaired) electrons. The standard InChI is InChI=1S/C40H39Cl2N7O4/c41-37-29(23-15-16-49-34(17-23)45-20-25(40(49)52)19-44-22-27-9-14-36(51)47-27)3-1-4-30(37)31-5-2-6-32(38(31)42)33-12-7-24(39(48-33)53-28-10-11-28)18-43-21-26-8-13-35(50)46-26/h1-7,12,15-17,20,26-28,43-44H,8-11,13-14,18-19,21-22H2,(H,46,50)(H,47,51)/t26-,27-/m1/s1. The van der Waals surface area contributed by atoms with Crippen molar-refractivity contribution < 1.29 is 14.3 Å². The van der Waals surface area contributed by atoms with Crippen molar-refractivity contribution >= 4 is 40.7 Å². The molecule has 0 bridgehead atoms. The smallest absolute Gasteiger partial charge is 0.262 e. The second-order valence-electron chi connectivity index (χ2n) is 13.9. The summed E-state index contributed by atoms with van der Waals surface area (Å²) < 4.78 is 7.78. The van der Waals surface area contributed by atoms with E-state index >= 15 is 0 Å². The first kappa shape index (κ1) is 35.2. The van der Waals surface area contributed by atoms with E-state index in [2.05, 4.69) is 26.3 Å². The van der Waals surface area contributed by atoms with Crippen LogP contribution in [-0.4, -0.2) is 57.5 Å². The first-order chi connectivity index (χ1) is 25.8. The van der Waals surface area contributed by atoms with Gasteiger partial charge >= 0.3 is 0 Å². The van der Waals surface area contributed by atoms with E-state index in [0.717, 1.165) is 59.1 Å². The minimum atomic E-state index is -0.157. The zero-order valence-electron chi connectivity index (χ0n) is 29.0. The average molecular weight is 753 g/mol. The van der Waals surface area contributed by atoms with Crippen LogP contribution in [0.1, 0.15) is 49.7 Å². The van der Waals surface area contributed by atoms with Gasteiger partial charge in [-0.1, -0.05) is 65.7 Å². The SMILES string of the molecule is O=C1CC[C@H](CNCc2ccc(-c3cccc(-c4cccc(-c5ccn6c(=O)c(CNC[C@H]7CCC(=O)N7)cnc6c5)c4Cl)c3Cl)nc2OC2CC2)N1. The third-order valence-corrected chi connectivity index (χ3v) is 10.8. The fraction of sp³-hybridized carbons (Fsp3) is 0.325. The van der Waals surface area contributed by atoms with Crippen LogP contribution >= 0.6 is 23.2 Å². The maximum atomic E-state index is 13.3. The van der Waals surface area contributed by atoms with E-state index in [1.54, 1.807) is 12.4 Å². The Kier molecular flexibility index (Phi) is 10.2. The van der Waals surface area contributed by atoms with Gasteiger partial charge in [-0.3, -0.25) is 18.8 Å². The Morgan fingerprint density at radius 3 is 2.02 bits per heavy atom. The number of ether oxygens (including phenoxy) is 1. The molecular weight excluding hydrogens is 713 g/mol. The zero-order valence-corrected chi connectivity index (χ0v) is 30.5. The van der Waals surface area contributed by atoms with Crippen molar-refractivity contribution in [2.24, 2.45) is 0 Å². The summed E-state index contributed by atoms with van der Waals surface area (Å²) in [6, 6.07) is 19.5. The molecule has 3 aromatic heterocycles. The molecule has 0 spiro atoms. The van der Waals surface area contributed by atoms with Gasteiger partial charge in [0.25, 0.3) is 5.56 Å². The maximum Gasteiger partial charge on any atom is 0.262 e. The summed E-state index contributed by atoms with van der Waals surface area (Å²) in [4.78, 5) is 45.9. The van der Waals surface area contributed by atoms with Crippen molar-refractivity contribution in [1.29, 1.82) is 0 Å². The van der Waals surface area contributed by atoms with E-state index in [4.69, 9.17) is 32.9 Å². The lowest BCUT2D eigenvalue weighted by molar-refractivity contribution is -0.120. The maximum absolute atomic E-state index is 13.3. The Morgan fingerprint density at radius 2 is 1.38 bits per heavy atom. The molecule has 8 rings (SSSR count). The number of hydrogen-bond acceptors (Lipinski definition) is 8. The lowest BCUT2D eigenvalue weighted by Crippen LogP contribution is -2.36. The molecule has 3 aliphatic rings. The number of pyridine rings is 2. The number of hydrogen-bond donors (Lipinski definition) is 4. The van der Waals surface area contributed by atoms with Gasteiger partial charge in [-0.05, 0) is 49.4 Å². The second-order valence-corrected chi connectivity index (χ2v) is 14.7. The van der Waals surface area contributed by atoms with Gasteiger partial charge in [-0.25, -0.2) is 9.97 Å². The van der Waals surface area contributed by atoms with E-state index in [0.29, 0.717) is 71.9 Å². The number of halogens is 2. The third kappa shape index (κ3) is 7.79. The van der Waals surface area contributed by atoms with Crippen LogP contribution in [0, 0.1) is 0 Å². The Bertz CT molecular complexity index is 2270. The summed E-state index contributed by atoms with van der Waals surface area (Å²) in [6.07, 6.45) is 8.22. The molecule has 11 nitrogen and oxygen atoms in total. The fourth-order valence-corrected chi connectivity index (χ4v) is 7.59. The highest BCUT2D eigenvalue weighted by Crippen LogP contribution is 2.42. The summed E-state index contributed by atoms with van der Waals surface area (Å²) in [5, 5.41) is 13.7. The molecule has 5 aromatic rings. The summed E-state index contributed by atoms with van der Waals surface area (Å²) >= 11 is 14.3. The van der Waals surface area contributed by atoms with Gasteiger partial charge in [0.05, 0.1) is 15.7 Å². The molecule has 13 heteroatoms. The Balaban J connectivity index is 1.02. The Hall–Kier alpha value is -4.81. The molecule has 1 aliphatic carbocycles. The fourth-order valence-electron chi connectivity index (χ4n) is 6.93. The minimum Gasteiger partial charge on any atom is -0.474 e. The normalized spacial score (nSPS) is 18.4. The predicted octanol–water partition coefficient (Wildman–Crippen LogP) is 5.67. The predicted molar refractivity (Wildman–Crippen MR) is 205 cm³/mol. The van der Waals surface area contributed by atoms with Crippen molar-refractivity contribution in [3.8, 4) is 39.4 Å². The highest BCUT2D eigenvalue weighted by molar-refractivity contribution is 6.39. The number of carbonyl (C=O) groups excluding carboxylic acids is 2. The lowest BCUT2D eigenvalue weighted by Gasteiger charge is -2.16. The Morgan fingerprint density at radius 1 is 0.755 bits per heavy atom. The second kappa shape index (κ2) is 15.3. The minimum absolute atomic E-state index is 0.0625. The number of nitrogens with zero attached hydrogens (tertiary/aromatic N) is 3. The molecule has 1 saturated carbocycles. The molecule has 5 heterocycles. The lowest BCUT2D eigenvalue weighted by atomic mass is 9.97. The van der Waals surface area contributed by atoms with Crippen LogP contribution in [0.15, 0.2) is 77.9 Å². The zero-order chi connectivity index (χ0) is 36.5. The number of carbonyl (C=O) groups is 2. The molecule has 4 N–H and O–H groups in total. The molecule has 2 aromatic carbocycles. The van der Waals surface area contributed by atoms with Crippen molar-refractivity contribution in [3.63, 3.8) is 0 Å². The van der Waals surface area contributed by atoms with Crippen molar-refractivity contribution in [1.82, 2.24) is 35.6 Å². The van der Waals surface area contributed by atoms with Crippen molar-refractivity contribution in [2.45, 2.75) is 69.8 Å². The number of rotatable bonds is 13. The average Bonchev–Trinajstić information content (AvgIpc) is 3.73. The van der Waals surface area contributed by atoms with E-state index in [-0.39, 0.29) is 35.6 Å². The van der Waals surface area contributed by atoms with E-state index in [1.807, 2.05) is 60.7 Å². The third-order valence-electron chi connectivity index (χ3n) is 9.98. The number of benzene rings is 2. The van der Waals surface area contributed by atoms with Crippen LogP contribution in [0.25, 0.3) is 39.2 Å². The number of nitrogens with one attached hydrogen (secondary N) is 4. The molecule has 2 saturated heterocycles. The molecule has 2 aliphatic heterocycles. The first-order valence-corrected chi connectivity index (χ1v) is 18.8. The van der Waals surface area contributed by atoms with Gasteiger partial charge in [0.15, 0.2) is 0 Å². The van der Waals surface area contributed by atoms with Crippen molar-refractivity contribution in [3.05, 3.63) is 105 Å². The van der Waals surface area contributed by atoms with Crippen LogP contribution < -0.4 is 31.6 Å². The molecule has 2 atom stereocenters. The van der Waals surface area contributed by atoms with Crippen LogP contribution in [0.2, 0.25) is 10.0 Å². The molecule has 2 amide bonds. The summed E-state index contributed by atoms with van der Waals surface area (Å²) in [5.74, 6) is 0.748. The largest absolute Gasteiger partial charge is 0.474 e. The summed E-state index contributed by atoms with van der Waals surface area (Å²) in [5.41, 5.74) is 6.38. The highest BCUT2D eigenvalue weighted by Gasteiger charge is 2.27.